The van der Waals surface area contributed by atoms with E-state index in [9.17, 15) is 13.6 Å². The number of halogens is 2. The van der Waals surface area contributed by atoms with E-state index < -0.39 is 17.8 Å². The van der Waals surface area contributed by atoms with Gasteiger partial charge in [0.25, 0.3) is 5.89 Å². The Morgan fingerprint density at radius 3 is 2.50 bits per heavy atom. The number of hydrogen-bond acceptors (Lipinski definition) is 6. The summed E-state index contributed by atoms with van der Waals surface area (Å²) in [5.41, 5.74) is 3.22. The van der Waals surface area contributed by atoms with Crippen LogP contribution < -0.4 is 5.32 Å². The van der Waals surface area contributed by atoms with E-state index in [2.05, 4.69) is 20.5 Å². The van der Waals surface area contributed by atoms with Gasteiger partial charge in [-0.15, -0.1) is 5.10 Å². The summed E-state index contributed by atoms with van der Waals surface area (Å²) >= 11 is 0. The molecule has 0 unspecified atom stereocenters. The zero-order chi connectivity index (χ0) is 22.1. The van der Waals surface area contributed by atoms with Crippen LogP contribution in [0.15, 0.2) is 82.2 Å². The number of anilines is 1. The van der Waals surface area contributed by atoms with Crippen LogP contribution in [0.5, 0.6) is 0 Å². The monoisotopic (exact) mass is 430 g/mol. The molecule has 1 aromatic heterocycles. The van der Waals surface area contributed by atoms with Crippen molar-refractivity contribution in [3.8, 4) is 11.5 Å². The SMILES string of the molecule is O=C1Cc2ccccc2C(c2ccccc2)=N[C@@H]1Nc1nnc(-c2ccc(F)cc2F)o1. The van der Waals surface area contributed by atoms with Crippen LogP contribution in [0.2, 0.25) is 0 Å². The van der Waals surface area contributed by atoms with Crippen LogP contribution in [0.4, 0.5) is 14.8 Å². The first-order valence-electron chi connectivity index (χ1n) is 9.88. The molecule has 0 bridgehead atoms. The lowest BCUT2D eigenvalue weighted by Crippen LogP contribution is -2.29. The van der Waals surface area contributed by atoms with Gasteiger partial charge in [-0.25, -0.2) is 8.78 Å². The van der Waals surface area contributed by atoms with E-state index >= 15 is 0 Å². The maximum Gasteiger partial charge on any atom is 0.317 e. The molecule has 1 aliphatic heterocycles. The molecule has 32 heavy (non-hydrogen) atoms. The van der Waals surface area contributed by atoms with Gasteiger partial charge in [0, 0.05) is 23.6 Å². The topological polar surface area (TPSA) is 80.4 Å². The molecule has 2 heterocycles. The molecule has 0 radical (unpaired) electrons. The van der Waals surface area contributed by atoms with E-state index in [0.717, 1.165) is 28.8 Å². The highest BCUT2D eigenvalue weighted by Gasteiger charge is 2.27. The molecule has 6 nitrogen and oxygen atoms in total. The summed E-state index contributed by atoms with van der Waals surface area (Å²) < 4.78 is 32.7. The average molecular weight is 430 g/mol. The molecule has 0 saturated heterocycles. The van der Waals surface area contributed by atoms with Crippen molar-refractivity contribution >= 4 is 17.5 Å². The Morgan fingerprint density at radius 1 is 0.906 bits per heavy atom. The van der Waals surface area contributed by atoms with Crippen LogP contribution in [0.1, 0.15) is 16.7 Å². The molecule has 0 amide bonds. The number of benzene rings is 3. The Labute approximate surface area is 181 Å². The number of rotatable bonds is 4. The molecule has 0 saturated carbocycles. The van der Waals surface area contributed by atoms with Crippen molar-refractivity contribution in [3.63, 3.8) is 0 Å². The molecule has 1 atom stereocenters. The Kier molecular flexibility index (Phi) is 5.03. The van der Waals surface area contributed by atoms with Crippen molar-refractivity contribution in [3.05, 3.63) is 101 Å². The molecule has 1 aliphatic rings. The standard InChI is InChI=1S/C24H16F2N4O2/c25-16-10-11-18(19(26)13-16)23-29-30-24(32-23)28-22-20(31)12-15-8-4-5-9-17(15)21(27-22)14-6-2-1-3-7-14/h1-11,13,22H,12H2,(H,28,30)/t22-/m1/s1. The van der Waals surface area contributed by atoms with Crippen molar-refractivity contribution in [2.45, 2.75) is 12.6 Å². The molecule has 0 fully saturated rings. The van der Waals surface area contributed by atoms with E-state index in [4.69, 9.17) is 4.42 Å². The number of aromatic nitrogens is 2. The van der Waals surface area contributed by atoms with Gasteiger partial charge in [-0.1, -0.05) is 59.7 Å². The Balaban J connectivity index is 1.50. The number of nitrogens with zero attached hydrogens (tertiary/aromatic N) is 3. The van der Waals surface area contributed by atoms with E-state index in [1.54, 1.807) is 0 Å². The number of ketones is 1. The second-order valence-corrected chi connectivity index (χ2v) is 7.23. The van der Waals surface area contributed by atoms with E-state index in [0.29, 0.717) is 5.71 Å². The van der Waals surface area contributed by atoms with Crippen LogP contribution >= 0.6 is 0 Å². The first-order valence-corrected chi connectivity index (χ1v) is 9.88. The van der Waals surface area contributed by atoms with Crippen molar-refractivity contribution in [1.29, 1.82) is 0 Å². The number of nitrogens with one attached hydrogen (secondary N) is 1. The van der Waals surface area contributed by atoms with Gasteiger partial charge in [0.15, 0.2) is 11.9 Å². The highest BCUT2D eigenvalue weighted by molar-refractivity contribution is 6.16. The average Bonchev–Trinajstić information content (AvgIpc) is 3.20. The van der Waals surface area contributed by atoms with Crippen molar-refractivity contribution in [2.24, 2.45) is 4.99 Å². The second-order valence-electron chi connectivity index (χ2n) is 7.23. The lowest BCUT2D eigenvalue weighted by molar-refractivity contribution is -0.119. The summed E-state index contributed by atoms with van der Waals surface area (Å²) in [5, 5.41) is 10.5. The second kappa shape index (κ2) is 8.14. The zero-order valence-electron chi connectivity index (χ0n) is 16.6. The Hall–Kier alpha value is -4.20. The zero-order valence-corrected chi connectivity index (χ0v) is 16.6. The van der Waals surface area contributed by atoms with Gasteiger partial charge in [0.2, 0.25) is 0 Å². The quantitative estimate of drug-likeness (QED) is 0.519. The summed E-state index contributed by atoms with van der Waals surface area (Å²) in [7, 11) is 0. The molecule has 0 aliphatic carbocycles. The first kappa shape index (κ1) is 19.7. The Bertz CT molecular complexity index is 1330. The van der Waals surface area contributed by atoms with Crippen LogP contribution in [-0.2, 0) is 11.2 Å². The lowest BCUT2D eigenvalue weighted by atomic mass is 9.96. The minimum atomic E-state index is -0.982. The van der Waals surface area contributed by atoms with Crippen LogP contribution in [0.3, 0.4) is 0 Å². The number of carbonyl (C=O) groups excluding carboxylic acids is 1. The molecule has 1 N–H and O–H groups in total. The molecule has 3 aromatic carbocycles. The van der Waals surface area contributed by atoms with Gasteiger partial charge >= 0.3 is 6.01 Å². The summed E-state index contributed by atoms with van der Waals surface area (Å²) in [5.74, 6) is -1.86. The van der Waals surface area contributed by atoms with Gasteiger partial charge in [-0.05, 0) is 17.7 Å². The largest absolute Gasteiger partial charge is 0.403 e. The van der Waals surface area contributed by atoms with Gasteiger partial charge in [0.1, 0.15) is 11.6 Å². The molecule has 0 spiro atoms. The van der Waals surface area contributed by atoms with Gasteiger partial charge < -0.3 is 9.73 Å². The Morgan fingerprint density at radius 2 is 1.69 bits per heavy atom. The van der Waals surface area contributed by atoms with Gasteiger partial charge in [-0.2, -0.15) is 0 Å². The fourth-order valence-corrected chi connectivity index (χ4v) is 3.57. The van der Waals surface area contributed by atoms with Crippen LogP contribution in [0, 0.1) is 11.6 Å². The third-order valence-corrected chi connectivity index (χ3v) is 5.09. The maximum atomic E-state index is 14.0. The number of Topliss-reactive ketones (excluding diaryl/α,β-unsaturated/α-hetero) is 1. The van der Waals surface area contributed by atoms with Crippen molar-refractivity contribution in [1.82, 2.24) is 10.2 Å². The summed E-state index contributed by atoms with van der Waals surface area (Å²) in [6.45, 7) is 0. The first-order chi connectivity index (χ1) is 15.6. The third-order valence-electron chi connectivity index (χ3n) is 5.09. The number of fused-ring (bicyclic) bond motifs is 1. The number of aliphatic imine (C=N–C) groups is 1. The van der Waals surface area contributed by atoms with E-state index in [1.807, 2.05) is 54.6 Å². The third kappa shape index (κ3) is 3.78. The summed E-state index contributed by atoms with van der Waals surface area (Å²) in [6, 6.07) is 20.1. The fourth-order valence-electron chi connectivity index (χ4n) is 3.57. The van der Waals surface area contributed by atoms with Crippen molar-refractivity contribution < 1.29 is 18.0 Å². The van der Waals surface area contributed by atoms with E-state index in [1.165, 1.54) is 6.07 Å². The predicted octanol–water partition coefficient (Wildman–Crippen LogP) is 4.42. The van der Waals surface area contributed by atoms with Crippen molar-refractivity contribution in [2.75, 3.05) is 5.32 Å². The molecule has 5 rings (SSSR count). The summed E-state index contributed by atoms with van der Waals surface area (Å²) in [6.07, 6.45) is -0.815. The van der Waals surface area contributed by atoms with Gasteiger partial charge in [0.05, 0.1) is 11.3 Å². The molecular weight excluding hydrogens is 414 g/mol. The lowest BCUT2D eigenvalue weighted by Gasteiger charge is -2.11. The summed E-state index contributed by atoms with van der Waals surface area (Å²) in [4.78, 5) is 17.6. The molecule has 158 valence electrons. The van der Waals surface area contributed by atoms with Crippen LogP contribution in [0.25, 0.3) is 11.5 Å². The smallest absolute Gasteiger partial charge is 0.317 e. The number of carbonyl (C=O) groups is 1. The van der Waals surface area contributed by atoms with E-state index in [-0.39, 0.29) is 29.7 Å². The minimum absolute atomic E-state index is 0.0416. The van der Waals surface area contributed by atoms with Crippen LogP contribution in [-0.4, -0.2) is 27.9 Å². The minimum Gasteiger partial charge on any atom is -0.403 e. The van der Waals surface area contributed by atoms with Gasteiger partial charge in [-0.3, -0.25) is 9.79 Å². The molecular formula is C24H16F2N4O2. The molecule has 8 heteroatoms. The number of hydrogen-bond donors (Lipinski definition) is 1. The molecule has 4 aromatic rings. The predicted molar refractivity (Wildman–Crippen MR) is 114 cm³/mol. The normalized spacial score (nSPS) is 15.6. The highest BCUT2D eigenvalue weighted by atomic mass is 19.1. The fraction of sp³-hybridized carbons (Fsp3) is 0.0833. The highest BCUT2D eigenvalue weighted by Crippen LogP contribution is 2.26. The maximum absolute atomic E-state index is 14.0.